The Morgan fingerprint density at radius 2 is 1.77 bits per heavy atom. The number of piperidine rings is 2. The fourth-order valence-corrected chi connectivity index (χ4v) is 20.2. The molecule has 2 saturated carbocycles. The number of rotatable bonds is 5. The smallest absolute Gasteiger partial charge is 0.339 e. The summed E-state index contributed by atoms with van der Waals surface area (Å²) in [5, 5.41) is 13.5. The molecule has 0 radical (unpaired) electrons. The largest absolute Gasteiger partial charge is 0.509 e. The fraction of sp³-hybridized carbons (Fsp3) is 0.639. The van der Waals surface area contributed by atoms with Gasteiger partial charge in [-0.15, -0.1) is 0 Å². The van der Waals surface area contributed by atoms with Gasteiger partial charge in [-0.25, -0.2) is 4.79 Å². The van der Waals surface area contributed by atoms with Crippen LogP contribution in [0.15, 0.2) is 88.6 Å². The summed E-state index contributed by atoms with van der Waals surface area (Å²) in [6.07, 6.45) is 24.5. The first kappa shape index (κ1) is 42.5. The van der Waals surface area contributed by atoms with Crippen molar-refractivity contribution in [1.29, 1.82) is 0 Å². The molecule has 0 aromatic heterocycles. The maximum Gasteiger partial charge on any atom is 0.339 e. The summed E-state index contributed by atoms with van der Waals surface area (Å²) >= 11 is 0. The third-order valence-electron chi connectivity index (χ3n) is 22.3. The molecule has 2 aromatic rings. The number of esters is 2. The molecule has 9 heterocycles. The molecule has 3 spiro atoms. The van der Waals surface area contributed by atoms with Gasteiger partial charge < -0.3 is 25.2 Å². The van der Waals surface area contributed by atoms with Crippen molar-refractivity contribution in [3.63, 3.8) is 0 Å². The van der Waals surface area contributed by atoms with E-state index in [1.165, 1.54) is 80.1 Å². The number of aryl methyl sites for hydroxylation is 2. The molecule has 16 bridgehead atoms. The third-order valence-corrected chi connectivity index (χ3v) is 22.3. The van der Waals surface area contributed by atoms with Gasteiger partial charge in [0.15, 0.2) is 11.4 Å². The van der Waals surface area contributed by atoms with Crippen molar-refractivity contribution in [2.75, 3.05) is 26.2 Å². The van der Waals surface area contributed by atoms with E-state index in [-0.39, 0.29) is 53.3 Å². The van der Waals surface area contributed by atoms with E-state index in [0.717, 1.165) is 69.3 Å². The Morgan fingerprint density at radius 3 is 2.65 bits per heavy atom. The maximum absolute atomic E-state index is 16.5. The number of nitrogens with two attached hydrogens (primary N) is 1. The van der Waals surface area contributed by atoms with Gasteiger partial charge >= 0.3 is 11.9 Å². The van der Waals surface area contributed by atoms with E-state index < -0.39 is 16.4 Å². The number of allylic oxidation sites excluding steroid dienone is 4. The number of carbonyl (C=O) groups excluding carboxylic acids is 2. The van der Waals surface area contributed by atoms with Crippen LogP contribution in [0.1, 0.15) is 142 Å². The molecule has 7 aliphatic carbocycles. The number of aliphatic hydroxyl groups is 1. The molecule has 362 valence electrons. The number of benzene rings is 2. The van der Waals surface area contributed by atoms with Crippen molar-refractivity contribution in [2.24, 2.45) is 75.7 Å². The SMILES string of the molecule is C[C@H]1CC2=C3[C@H]4C5=C6[C@@H]7/C=C\[C@@H](CCc8cccc(c8)C[C@H]7[C@@H]41)C[C@H]1[C@]64C(=O)O/C(=C(/O)C[C@@H](CC6CCCCC6)N6C[C@H]7C[C@@H](C6)[C@H](CC2)N3C7)[C@@]4(CC5)[C@]12OC(=O)c1c(CCCN)cccc12. The summed E-state index contributed by atoms with van der Waals surface area (Å²) in [5.41, 5.74) is 14.4. The molecule has 0 amide bonds. The van der Waals surface area contributed by atoms with Crippen LogP contribution in [-0.2, 0) is 39.1 Å². The minimum Gasteiger partial charge on any atom is -0.509 e. The molecule has 15 atom stereocenters. The molecular formula is C61H73N3O5. The summed E-state index contributed by atoms with van der Waals surface area (Å²) in [6.45, 7) is 6.38. The Bertz CT molecular complexity index is 2690. The Morgan fingerprint density at radius 1 is 0.899 bits per heavy atom. The van der Waals surface area contributed by atoms with Crippen molar-refractivity contribution in [2.45, 2.75) is 147 Å². The maximum atomic E-state index is 16.5. The zero-order valence-corrected chi connectivity index (χ0v) is 40.9. The van der Waals surface area contributed by atoms with Crippen molar-refractivity contribution >= 4 is 11.9 Å². The number of hydrogen-bond acceptors (Lipinski definition) is 8. The molecule has 3 N–H and O–H groups in total. The van der Waals surface area contributed by atoms with Gasteiger partial charge in [0.1, 0.15) is 11.2 Å². The van der Waals surface area contributed by atoms with Crippen LogP contribution in [0.5, 0.6) is 0 Å². The van der Waals surface area contributed by atoms with E-state index in [1.54, 1.807) is 11.3 Å². The predicted octanol–water partition coefficient (Wildman–Crippen LogP) is 10.7. The zero-order chi connectivity index (χ0) is 46.1. The lowest BCUT2D eigenvalue weighted by Gasteiger charge is -2.73. The molecule has 8 nitrogen and oxygen atoms in total. The number of fused-ring (bicyclic) bond motifs is 7. The van der Waals surface area contributed by atoms with Crippen LogP contribution in [-0.4, -0.2) is 65.1 Å². The Labute approximate surface area is 409 Å². The van der Waals surface area contributed by atoms with Crippen molar-refractivity contribution in [3.8, 4) is 0 Å². The second-order valence-electron chi connectivity index (χ2n) is 25.3. The van der Waals surface area contributed by atoms with Gasteiger partial charge in [0.25, 0.3) is 0 Å². The standard InChI is InChI=1S/C61H73N3O5/c1-34-24-41-18-20-48-42-26-39-31-63(33-42)43(27-35-8-3-2-4-9-35)30-49(65)56-59-22-21-45-53(55(41)64(48)32-39)51(34)46-28-38-11-5-10-36(25-38)15-16-37-17-19-44(46)54(45)60(59,58(67)68-56)50(29-37)61(59)47-14-6-12-40(13-7-23-62)52(47)57(66)69-61/h5-6,10-12,14,17,19,25,34-35,37,39,42-44,46,48,50-51,53,65H,2-4,7-9,13,15-16,18,20-24,26-33,62H2,1H3/b19-17-,56-49+/t34-,37+,39+,42-,43+,44+,46+,48-,50-,51-,53-,59+,60+,61+/m0/s1. The average molecular weight is 928 g/mol. The van der Waals surface area contributed by atoms with E-state index in [1.807, 2.05) is 0 Å². The van der Waals surface area contributed by atoms with Gasteiger partial charge in [0.2, 0.25) is 0 Å². The summed E-state index contributed by atoms with van der Waals surface area (Å²) < 4.78 is 14.6. The number of hydrogen-bond donors (Lipinski definition) is 2. The minimum atomic E-state index is -1.17. The molecule has 5 fully saturated rings. The van der Waals surface area contributed by atoms with E-state index in [9.17, 15) is 5.11 Å². The van der Waals surface area contributed by atoms with Crippen molar-refractivity contribution < 1.29 is 24.2 Å². The van der Waals surface area contributed by atoms with E-state index >= 15 is 9.59 Å². The summed E-state index contributed by atoms with van der Waals surface area (Å²) in [6, 6.07) is 16.6. The topological polar surface area (TPSA) is 105 Å². The first-order valence-corrected chi connectivity index (χ1v) is 28.2. The van der Waals surface area contributed by atoms with Gasteiger partial charge in [-0.1, -0.05) is 105 Å². The number of carbonyl (C=O) groups is 2. The van der Waals surface area contributed by atoms with Crippen molar-refractivity contribution in [3.05, 3.63) is 116 Å². The van der Waals surface area contributed by atoms with Gasteiger partial charge in [-0.2, -0.15) is 0 Å². The van der Waals surface area contributed by atoms with E-state index in [0.29, 0.717) is 79.2 Å². The lowest BCUT2D eigenvalue weighted by Crippen LogP contribution is -2.78. The highest BCUT2D eigenvalue weighted by Crippen LogP contribution is 2.88. The highest BCUT2D eigenvalue weighted by molar-refractivity contribution is 6.00. The van der Waals surface area contributed by atoms with E-state index in [2.05, 4.69) is 71.3 Å². The molecule has 18 rings (SSSR count). The molecule has 9 aliphatic heterocycles. The third kappa shape index (κ3) is 5.44. The second kappa shape index (κ2) is 15.2. The summed E-state index contributed by atoms with van der Waals surface area (Å²) in [5.74, 6) is 3.35. The summed E-state index contributed by atoms with van der Waals surface area (Å²) in [4.78, 5) is 37.6. The fourth-order valence-electron chi connectivity index (χ4n) is 20.2. The first-order valence-electron chi connectivity index (χ1n) is 28.2. The zero-order valence-electron chi connectivity index (χ0n) is 40.9. The summed E-state index contributed by atoms with van der Waals surface area (Å²) in [7, 11) is 0. The van der Waals surface area contributed by atoms with Crippen LogP contribution in [0.25, 0.3) is 0 Å². The highest BCUT2D eigenvalue weighted by atomic mass is 16.6. The van der Waals surface area contributed by atoms with Crippen molar-refractivity contribution in [1.82, 2.24) is 9.80 Å². The van der Waals surface area contributed by atoms with Gasteiger partial charge in [-0.3, -0.25) is 9.69 Å². The molecular weight excluding hydrogens is 855 g/mol. The molecule has 2 aromatic carbocycles. The first-order chi connectivity index (χ1) is 33.7. The minimum absolute atomic E-state index is 0.0265. The van der Waals surface area contributed by atoms with E-state index in [4.69, 9.17) is 15.2 Å². The molecule has 8 heteroatoms. The van der Waals surface area contributed by atoms with Gasteiger partial charge in [0, 0.05) is 67.2 Å². The lowest BCUT2D eigenvalue weighted by atomic mass is 9.27. The quantitative estimate of drug-likeness (QED) is 0.226. The Balaban J connectivity index is 1.04. The second-order valence-corrected chi connectivity index (χ2v) is 25.3. The normalized spacial score (nSPS) is 44.6. The average Bonchev–Trinajstić information content (AvgIpc) is 3.80. The number of aliphatic hydroxyl groups excluding tert-OH is 1. The Kier molecular flexibility index (Phi) is 9.37. The lowest BCUT2D eigenvalue weighted by molar-refractivity contribution is -0.282. The monoisotopic (exact) mass is 928 g/mol. The molecule has 16 aliphatic rings. The van der Waals surface area contributed by atoms with Crippen LogP contribution in [0.3, 0.4) is 0 Å². The van der Waals surface area contributed by atoms with Gasteiger partial charge in [0.05, 0.1) is 11.0 Å². The number of nitrogens with zero attached hydrogens (tertiary/aromatic N) is 2. The Hall–Kier alpha value is -4.14. The van der Waals surface area contributed by atoms with Crippen LogP contribution < -0.4 is 5.73 Å². The van der Waals surface area contributed by atoms with Crippen LogP contribution in [0.2, 0.25) is 0 Å². The predicted molar refractivity (Wildman–Crippen MR) is 264 cm³/mol. The van der Waals surface area contributed by atoms with Crippen LogP contribution >= 0.6 is 0 Å². The highest BCUT2D eigenvalue weighted by Gasteiger charge is 2.94. The van der Waals surface area contributed by atoms with Gasteiger partial charge in [-0.05, 0) is 154 Å². The van der Waals surface area contributed by atoms with Crippen LogP contribution in [0, 0.1) is 70.0 Å². The molecule has 1 unspecified atom stereocenters. The number of ether oxygens (including phenoxy) is 2. The van der Waals surface area contributed by atoms with Crippen LogP contribution in [0.4, 0.5) is 0 Å². The molecule has 69 heavy (non-hydrogen) atoms. The molecule has 3 saturated heterocycles.